The Labute approximate surface area is 90.0 Å². The Morgan fingerprint density at radius 3 is 3.07 bits per heavy atom. The van der Waals surface area contributed by atoms with E-state index >= 15 is 0 Å². The summed E-state index contributed by atoms with van der Waals surface area (Å²) < 4.78 is 5.50. The lowest BCUT2D eigenvalue weighted by Gasteiger charge is -2.32. The van der Waals surface area contributed by atoms with Crippen LogP contribution in [0.4, 0.5) is 11.5 Å². The maximum Gasteiger partial charge on any atom is 0.131 e. The number of nitrogen functional groups attached to an aromatic ring is 1. The fraction of sp³-hybridized carbons (Fsp3) is 0.545. The molecule has 0 aliphatic carbocycles. The van der Waals surface area contributed by atoms with Gasteiger partial charge in [0.2, 0.25) is 0 Å². The first-order valence-corrected chi connectivity index (χ1v) is 5.25. The first-order chi connectivity index (χ1) is 7.16. The van der Waals surface area contributed by atoms with Gasteiger partial charge in [0.1, 0.15) is 5.82 Å². The molecule has 1 aliphatic rings. The minimum absolute atomic E-state index is 0.275. The van der Waals surface area contributed by atoms with Gasteiger partial charge in [-0.3, -0.25) is 0 Å². The number of nitrogens with zero attached hydrogens (tertiary/aromatic N) is 2. The van der Waals surface area contributed by atoms with E-state index in [4.69, 9.17) is 10.5 Å². The van der Waals surface area contributed by atoms with Crippen molar-refractivity contribution in [3.05, 3.63) is 17.8 Å². The molecule has 1 aromatic heterocycles. The third-order valence-electron chi connectivity index (χ3n) is 2.61. The Morgan fingerprint density at radius 2 is 2.40 bits per heavy atom. The molecule has 2 rings (SSSR count). The first-order valence-electron chi connectivity index (χ1n) is 5.25. The highest BCUT2D eigenvalue weighted by Gasteiger charge is 2.19. The predicted octanol–water partition coefficient (Wildman–Crippen LogP) is 1.20. The monoisotopic (exact) mass is 207 g/mol. The summed E-state index contributed by atoms with van der Waals surface area (Å²) in [4.78, 5) is 6.63. The molecule has 0 radical (unpaired) electrons. The minimum Gasteiger partial charge on any atom is -0.397 e. The summed E-state index contributed by atoms with van der Waals surface area (Å²) in [5.74, 6) is 1.03. The van der Waals surface area contributed by atoms with E-state index in [1.807, 2.05) is 13.0 Å². The van der Waals surface area contributed by atoms with E-state index in [0.29, 0.717) is 0 Å². The fourth-order valence-corrected chi connectivity index (χ4v) is 1.93. The van der Waals surface area contributed by atoms with Crippen molar-refractivity contribution in [1.29, 1.82) is 0 Å². The van der Waals surface area contributed by atoms with Crippen molar-refractivity contribution in [3.63, 3.8) is 0 Å². The Morgan fingerprint density at radius 1 is 1.60 bits per heavy atom. The second-order valence-electron chi connectivity index (χ2n) is 4.04. The van der Waals surface area contributed by atoms with Gasteiger partial charge in [0.25, 0.3) is 0 Å². The van der Waals surface area contributed by atoms with E-state index in [1.54, 1.807) is 6.20 Å². The number of nitrogens with two attached hydrogens (primary N) is 1. The number of morpholine rings is 1. The molecule has 0 spiro atoms. The van der Waals surface area contributed by atoms with Crippen LogP contribution < -0.4 is 10.6 Å². The van der Waals surface area contributed by atoms with Crippen LogP contribution in [0.2, 0.25) is 0 Å². The maximum absolute atomic E-state index is 5.68. The van der Waals surface area contributed by atoms with Crippen LogP contribution in [0.1, 0.15) is 12.5 Å². The summed E-state index contributed by atoms with van der Waals surface area (Å²) in [7, 11) is 0. The smallest absolute Gasteiger partial charge is 0.131 e. The largest absolute Gasteiger partial charge is 0.397 e. The number of aromatic nitrogens is 1. The Bertz CT molecular complexity index is 354. The number of anilines is 2. The van der Waals surface area contributed by atoms with Crippen molar-refractivity contribution < 1.29 is 4.74 Å². The van der Waals surface area contributed by atoms with Crippen molar-refractivity contribution in [2.75, 3.05) is 30.3 Å². The van der Waals surface area contributed by atoms with Gasteiger partial charge in [0.05, 0.1) is 24.6 Å². The summed E-state index contributed by atoms with van der Waals surface area (Å²) in [6.45, 7) is 6.70. The number of aryl methyl sites for hydroxylation is 1. The molecular weight excluding hydrogens is 190 g/mol. The number of ether oxygens (including phenoxy) is 1. The first kappa shape index (κ1) is 10.2. The van der Waals surface area contributed by atoms with Gasteiger partial charge in [-0.25, -0.2) is 4.98 Å². The van der Waals surface area contributed by atoms with Gasteiger partial charge in [0, 0.05) is 13.1 Å². The molecule has 1 fully saturated rings. The fourth-order valence-electron chi connectivity index (χ4n) is 1.93. The Hall–Kier alpha value is -1.29. The second kappa shape index (κ2) is 4.06. The summed E-state index contributed by atoms with van der Waals surface area (Å²) in [5.41, 5.74) is 7.53. The molecule has 1 aromatic rings. The molecule has 2 N–H and O–H groups in total. The van der Waals surface area contributed by atoms with Crippen LogP contribution in [0.5, 0.6) is 0 Å². The van der Waals surface area contributed by atoms with Crippen molar-refractivity contribution in [1.82, 2.24) is 4.98 Å². The topological polar surface area (TPSA) is 51.4 Å². The normalized spacial score (nSPS) is 21.7. The highest BCUT2D eigenvalue weighted by Crippen LogP contribution is 2.20. The number of rotatable bonds is 1. The highest BCUT2D eigenvalue weighted by molar-refractivity contribution is 5.52. The summed E-state index contributed by atoms with van der Waals surface area (Å²) in [5, 5.41) is 0. The highest BCUT2D eigenvalue weighted by atomic mass is 16.5. The zero-order valence-corrected chi connectivity index (χ0v) is 9.23. The van der Waals surface area contributed by atoms with Gasteiger partial charge in [0.15, 0.2) is 0 Å². The molecule has 4 heteroatoms. The van der Waals surface area contributed by atoms with E-state index in [0.717, 1.165) is 36.8 Å². The standard InChI is InChI=1S/C11H17N3O/c1-8-5-10(12)6-13-11(8)14-3-4-15-9(2)7-14/h5-6,9H,3-4,7,12H2,1-2H3/t9-/m1/s1. The molecule has 0 unspecified atom stereocenters. The van der Waals surface area contributed by atoms with E-state index in [2.05, 4.69) is 16.8 Å². The SMILES string of the molecule is Cc1cc(N)cnc1N1CCO[C@H](C)C1. The average Bonchev–Trinajstić information content (AvgIpc) is 2.17. The molecule has 0 amide bonds. The van der Waals surface area contributed by atoms with Crippen molar-refractivity contribution in [2.24, 2.45) is 0 Å². The summed E-state index contributed by atoms with van der Waals surface area (Å²) in [6, 6.07) is 1.96. The van der Waals surface area contributed by atoms with E-state index in [9.17, 15) is 0 Å². The van der Waals surface area contributed by atoms with Crippen LogP contribution in [0, 0.1) is 6.92 Å². The number of hydrogen-bond donors (Lipinski definition) is 1. The van der Waals surface area contributed by atoms with E-state index in [-0.39, 0.29) is 6.10 Å². The van der Waals surface area contributed by atoms with Crippen LogP contribution in [0.15, 0.2) is 12.3 Å². The van der Waals surface area contributed by atoms with Gasteiger partial charge in [-0.15, -0.1) is 0 Å². The van der Waals surface area contributed by atoms with E-state index in [1.165, 1.54) is 0 Å². The van der Waals surface area contributed by atoms with Gasteiger partial charge in [-0.2, -0.15) is 0 Å². The molecule has 0 saturated carbocycles. The molecule has 1 aliphatic heterocycles. The van der Waals surface area contributed by atoms with Gasteiger partial charge < -0.3 is 15.4 Å². The van der Waals surface area contributed by atoms with Gasteiger partial charge in [-0.1, -0.05) is 0 Å². The molecule has 82 valence electrons. The Kier molecular flexibility index (Phi) is 2.77. The molecule has 0 aromatic carbocycles. The van der Waals surface area contributed by atoms with Crippen LogP contribution in [0.3, 0.4) is 0 Å². The van der Waals surface area contributed by atoms with Crippen LogP contribution in [-0.4, -0.2) is 30.8 Å². The molecule has 15 heavy (non-hydrogen) atoms. The van der Waals surface area contributed by atoms with Crippen LogP contribution >= 0.6 is 0 Å². The third kappa shape index (κ3) is 2.21. The molecule has 4 nitrogen and oxygen atoms in total. The summed E-state index contributed by atoms with van der Waals surface area (Å²) >= 11 is 0. The van der Waals surface area contributed by atoms with Crippen molar-refractivity contribution >= 4 is 11.5 Å². The van der Waals surface area contributed by atoms with Crippen molar-refractivity contribution in [2.45, 2.75) is 20.0 Å². The lowest BCUT2D eigenvalue weighted by atomic mass is 10.2. The van der Waals surface area contributed by atoms with Crippen LogP contribution in [-0.2, 0) is 4.74 Å². The van der Waals surface area contributed by atoms with E-state index < -0.39 is 0 Å². The number of hydrogen-bond acceptors (Lipinski definition) is 4. The lowest BCUT2D eigenvalue weighted by molar-refractivity contribution is 0.0529. The maximum atomic E-state index is 5.68. The van der Waals surface area contributed by atoms with Crippen molar-refractivity contribution in [3.8, 4) is 0 Å². The zero-order chi connectivity index (χ0) is 10.8. The molecule has 1 atom stereocenters. The second-order valence-corrected chi connectivity index (χ2v) is 4.04. The zero-order valence-electron chi connectivity index (χ0n) is 9.23. The number of pyridine rings is 1. The van der Waals surface area contributed by atoms with Gasteiger partial charge in [-0.05, 0) is 25.5 Å². The Balaban J connectivity index is 2.21. The average molecular weight is 207 g/mol. The quantitative estimate of drug-likeness (QED) is 0.751. The summed E-state index contributed by atoms with van der Waals surface area (Å²) in [6.07, 6.45) is 1.99. The lowest BCUT2D eigenvalue weighted by Crippen LogP contribution is -2.41. The minimum atomic E-state index is 0.275. The molecule has 1 saturated heterocycles. The van der Waals surface area contributed by atoms with Gasteiger partial charge >= 0.3 is 0 Å². The molecule has 2 heterocycles. The molecule has 0 bridgehead atoms. The van der Waals surface area contributed by atoms with Crippen LogP contribution in [0.25, 0.3) is 0 Å². The third-order valence-corrected chi connectivity index (χ3v) is 2.61. The molecular formula is C11H17N3O. The predicted molar refractivity (Wildman–Crippen MR) is 61.0 cm³/mol.